The lowest BCUT2D eigenvalue weighted by atomic mass is 9.67. The number of halogens is 1. The minimum Gasteiger partial charge on any atom is -0.303 e. The molecule has 0 saturated carbocycles. The molecule has 1 aliphatic rings. The number of carbonyl (C=O) groups excluding carboxylic acids is 1. The number of aliphatic imine (C=N–C) groups is 1. The fourth-order valence-electron chi connectivity index (χ4n) is 2.71. The third-order valence-electron chi connectivity index (χ3n) is 4.61. The fraction of sp³-hybridized carbons (Fsp3) is 0.467. The van der Waals surface area contributed by atoms with Gasteiger partial charge >= 0.3 is 0 Å². The van der Waals surface area contributed by atoms with Gasteiger partial charge in [-0.25, -0.2) is 4.39 Å². The van der Waals surface area contributed by atoms with Crippen molar-refractivity contribution in [2.45, 2.75) is 33.2 Å². The first-order valence-corrected chi connectivity index (χ1v) is 6.81. The zero-order valence-electron chi connectivity index (χ0n) is 13.2. The Labute approximate surface area is 127 Å². The number of nitro benzene ring substituents is 1. The normalized spacial score (nSPS) is 24.2. The molecule has 2 rings (SSSR count). The van der Waals surface area contributed by atoms with Crippen LogP contribution in [0.1, 0.15) is 33.3 Å². The quantitative estimate of drug-likeness (QED) is 0.622. The van der Waals surface area contributed by atoms with Crippen molar-refractivity contribution in [1.82, 2.24) is 4.90 Å². The van der Waals surface area contributed by atoms with Crippen LogP contribution in [0.2, 0.25) is 0 Å². The number of amides is 1. The van der Waals surface area contributed by atoms with Crippen LogP contribution in [0.3, 0.4) is 0 Å². The molecule has 1 aromatic rings. The van der Waals surface area contributed by atoms with Gasteiger partial charge in [0.1, 0.15) is 17.2 Å². The molecule has 22 heavy (non-hydrogen) atoms. The van der Waals surface area contributed by atoms with Gasteiger partial charge in [0.2, 0.25) is 5.91 Å². The minimum atomic E-state index is -1.23. The van der Waals surface area contributed by atoms with Gasteiger partial charge in [0, 0.05) is 24.7 Å². The maximum absolute atomic E-state index is 14.3. The summed E-state index contributed by atoms with van der Waals surface area (Å²) in [5, 5.41) is 11.0. The molecule has 0 aliphatic carbocycles. The lowest BCUT2D eigenvalue weighted by molar-refractivity contribution is -0.385. The van der Waals surface area contributed by atoms with E-state index in [1.54, 1.807) is 34.7 Å². The van der Waals surface area contributed by atoms with Gasteiger partial charge in [-0.3, -0.25) is 19.9 Å². The third kappa shape index (κ3) is 2.08. The van der Waals surface area contributed by atoms with Crippen molar-refractivity contribution in [3.63, 3.8) is 0 Å². The van der Waals surface area contributed by atoms with Gasteiger partial charge in [-0.2, -0.15) is 0 Å². The Kier molecular flexibility index (Phi) is 3.55. The van der Waals surface area contributed by atoms with Gasteiger partial charge in [-0.15, -0.1) is 0 Å². The van der Waals surface area contributed by atoms with E-state index in [9.17, 15) is 19.3 Å². The highest BCUT2D eigenvalue weighted by atomic mass is 19.1. The second-order valence-corrected chi connectivity index (χ2v) is 6.14. The molecule has 0 fully saturated rings. The molecule has 0 spiro atoms. The average molecular weight is 307 g/mol. The van der Waals surface area contributed by atoms with Crippen LogP contribution >= 0.6 is 0 Å². The standard InChI is InChI=1S/C15H18FN3O3/c1-9-17-15(4,14(2,3)13(20)18(9)5)11-8-10(19(21)22)6-7-12(11)16/h6-8H,1-5H3/t15-/m1/s1. The lowest BCUT2D eigenvalue weighted by Crippen LogP contribution is -2.56. The zero-order chi connectivity index (χ0) is 16.9. The maximum Gasteiger partial charge on any atom is 0.270 e. The number of nitrogens with zero attached hydrogens (tertiary/aromatic N) is 3. The van der Waals surface area contributed by atoms with Crippen LogP contribution in [0.5, 0.6) is 0 Å². The van der Waals surface area contributed by atoms with Crippen LogP contribution < -0.4 is 0 Å². The number of hydrogen-bond acceptors (Lipinski definition) is 4. The molecule has 0 bridgehead atoms. The van der Waals surface area contributed by atoms with Crippen LogP contribution in [0.25, 0.3) is 0 Å². The van der Waals surface area contributed by atoms with E-state index in [1.807, 2.05) is 0 Å². The van der Waals surface area contributed by atoms with E-state index in [-0.39, 0.29) is 17.2 Å². The van der Waals surface area contributed by atoms with Crippen molar-refractivity contribution >= 4 is 17.4 Å². The van der Waals surface area contributed by atoms with Crippen LogP contribution in [-0.2, 0) is 10.3 Å². The highest BCUT2D eigenvalue weighted by molar-refractivity contribution is 6.02. The number of hydrogen-bond donors (Lipinski definition) is 0. The second-order valence-electron chi connectivity index (χ2n) is 6.14. The van der Waals surface area contributed by atoms with Crippen molar-refractivity contribution in [3.05, 3.63) is 39.7 Å². The van der Waals surface area contributed by atoms with E-state index in [0.29, 0.717) is 5.84 Å². The summed E-state index contributed by atoms with van der Waals surface area (Å²) < 4.78 is 14.3. The van der Waals surface area contributed by atoms with Gasteiger partial charge < -0.3 is 4.90 Å². The minimum absolute atomic E-state index is 0.0486. The van der Waals surface area contributed by atoms with Gasteiger partial charge in [0.25, 0.3) is 5.69 Å². The maximum atomic E-state index is 14.3. The summed E-state index contributed by atoms with van der Waals surface area (Å²) in [4.78, 5) is 28.8. The molecule has 118 valence electrons. The van der Waals surface area contributed by atoms with Gasteiger partial charge in [0.15, 0.2) is 0 Å². The first-order valence-electron chi connectivity index (χ1n) is 6.81. The summed E-state index contributed by atoms with van der Waals surface area (Å²) in [6, 6.07) is 3.30. The van der Waals surface area contributed by atoms with Crippen molar-refractivity contribution < 1.29 is 14.1 Å². The van der Waals surface area contributed by atoms with E-state index in [0.717, 1.165) is 18.2 Å². The number of benzene rings is 1. The molecule has 0 aromatic heterocycles. The van der Waals surface area contributed by atoms with Crippen molar-refractivity contribution in [3.8, 4) is 0 Å². The molecule has 1 heterocycles. The largest absolute Gasteiger partial charge is 0.303 e. The smallest absolute Gasteiger partial charge is 0.270 e. The van der Waals surface area contributed by atoms with E-state index < -0.39 is 21.7 Å². The van der Waals surface area contributed by atoms with Gasteiger partial charge in [-0.05, 0) is 33.8 Å². The SMILES string of the molecule is CC1=N[C@](C)(c2cc([N+](=O)[O-])ccc2F)C(C)(C)C(=O)N1C. The molecule has 0 N–H and O–H groups in total. The summed E-state index contributed by atoms with van der Waals surface area (Å²) in [7, 11) is 1.60. The Hall–Kier alpha value is -2.31. The van der Waals surface area contributed by atoms with Gasteiger partial charge in [0.05, 0.1) is 10.3 Å². The van der Waals surface area contributed by atoms with Crippen molar-refractivity contribution in [2.24, 2.45) is 10.4 Å². The molecule has 7 heteroatoms. The van der Waals surface area contributed by atoms with Crippen LogP contribution in [0.15, 0.2) is 23.2 Å². The number of carbonyl (C=O) groups is 1. The first-order chi connectivity index (χ1) is 10.0. The van der Waals surface area contributed by atoms with E-state index in [1.165, 1.54) is 4.90 Å². The summed E-state index contributed by atoms with van der Waals surface area (Å²) in [5.41, 5.74) is -2.45. The Bertz CT molecular complexity index is 699. The predicted octanol–water partition coefficient (Wildman–Crippen LogP) is 2.87. The molecule has 1 aliphatic heterocycles. The number of nitro groups is 1. The number of non-ortho nitro benzene ring substituents is 1. The number of amidine groups is 1. The topological polar surface area (TPSA) is 75.8 Å². The molecule has 0 radical (unpaired) electrons. The Morgan fingerprint density at radius 1 is 1.32 bits per heavy atom. The predicted molar refractivity (Wildman–Crippen MR) is 80.1 cm³/mol. The highest BCUT2D eigenvalue weighted by Gasteiger charge is 2.53. The molecule has 0 saturated heterocycles. The van der Waals surface area contributed by atoms with Crippen molar-refractivity contribution in [1.29, 1.82) is 0 Å². The Morgan fingerprint density at radius 3 is 2.45 bits per heavy atom. The number of rotatable bonds is 2. The van der Waals surface area contributed by atoms with E-state index in [2.05, 4.69) is 4.99 Å². The Balaban J connectivity index is 2.76. The van der Waals surface area contributed by atoms with E-state index >= 15 is 0 Å². The van der Waals surface area contributed by atoms with Crippen molar-refractivity contribution in [2.75, 3.05) is 7.05 Å². The molecular formula is C15H18FN3O3. The summed E-state index contributed by atoms with van der Waals surface area (Å²) in [5.74, 6) is -0.388. The Morgan fingerprint density at radius 2 is 1.91 bits per heavy atom. The molecular weight excluding hydrogens is 289 g/mol. The fourth-order valence-corrected chi connectivity index (χ4v) is 2.71. The molecule has 1 aromatic carbocycles. The summed E-state index contributed by atoms with van der Waals surface area (Å²) >= 11 is 0. The molecule has 0 unspecified atom stereocenters. The van der Waals surface area contributed by atoms with Gasteiger partial charge in [-0.1, -0.05) is 0 Å². The lowest BCUT2D eigenvalue weighted by Gasteiger charge is -2.46. The van der Waals surface area contributed by atoms with Crippen LogP contribution in [-0.4, -0.2) is 28.6 Å². The monoisotopic (exact) mass is 307 g/mol. The van der Waals surface area contributed by atoms with E-state index in [4.69, 9.17) is 0 Å². The summed E-state index contributed by atoms with van der Waals surface area (Å²) in [6.07, 6.45) is 0. The third-order valence-corrected chi connectivity index (χ3v) is 4.61. The van der Waals surface area contributed by atoms with Crippen LogP contribution in [0.4, 0.5) is 10.1 Å². The average Bonchev–Trinajstić information content (AvgIpc) is 2.43. The first kappa shape index (κ1) is 16.1. The highest BCUT2D eigenvalue weighted by Crippen LogP contribution is 2.48. The summed E-state index contributed by atoms with van der Waals surface area (Å²) in [6.45, 7) is 6.62. The van der Waals surface area contributed by atoms with Crippen LogP contribution in [0, 0.1) is 21.3 Å². The molecule has 1 atom stereocenters. The zero-order valence-corrected chi connectivity index (χ0v) is 13.2. The molecule has 1 amide bonds. The molecule has 6 nitrogen and oxygen atoms in total. The second kappa shape index (κ2) is 4.86.